The van der Waals surface area contributed by atoms with E-state index < -0.39 is 0 Å². The van der Waals surface area contributed by atoms with Crippen molar-refractivity contribution in [3.8, 4) is 0 Å². The van der Waals surface area contributed by atoms with Gasteiger partial charge in [0.1, 0.15) is 6.04 Å². The average Bonchev–Trinajstić information content (AvgIpc) is 2.59. The van der Waals surface area contributed by atoms with Crippen LogP contribution in [-0.4, -0.2) is 18.5 Å². The standard InChI is InChI=1S/C11H11BrN2O/c12-7-2-1-3-8-9(7)6-4-5-13-11(15)10(6)14-8/h1-3,6,10,14H,4-5H2,(H,13,15). The zero-order chi connectivity index (χ0) is 10.4. The monoisotopic (exact) mass is 266 g/mol. The van der Waals surface area contributed by atoms with E-state index in [1.165, 1.54) is 5.56 Å². The lowest BCUT2D eigenvalue weighted by Crippen LogP contribution is -2.46. The Hall–Kier alpha value is -1.03. The van der Waals surface area contributed by atoms with E-state index in [0.717, 1.165) is 23.1 Å². The van der Waals surface area contributed by atoms with Gasteiger partial charge in [-0.2, -0.15) is 0 Å². The third-order valence-electron chi connectivity index (χ3n) is 3.17. The van der Waals surface area contributed by atoms with E-state index >= 15 is 0 Å². The molecule has 2 atom stereocenters. The van der Waals surface area contributed by atoms with E-state index in [-0.39, 0.29) is 11.9 Å². The van der Waals surface area contributed by atoms with Crippen LogP contribution in [0.5, 0.6) is 0 Å². The molecule has 3 rings (SSSR count). The van der Waals surface area contributed by atoms with Gasteiger partial charge in [-0.15, -0.1) is 0 Å². The van der Waals surface area contributed by atoms with Crippen LogP contribution in [0.1, 0.15) is 17.9 Å². The van der Waals surface area contributed by atoms with Crippen molar-refractivity contribution in [2.24, 2.45) is 0 Å². The molecule has 2 heterocycles. The third kappa shape index (κ3) is 1.28. The second-order valence-electron chi connectivity index (χ2n) is 4.01. The summed E-state index contributed by atoms with van der Waals surface area (Å²) in [6.45, 7) is 0.780. The number of halogens is 1. The largest absolute Gasteiger partial charge is 0.373 e. The number of rotatable bonds is 0. The SMILES string of the molecule is O=C1NCCC2c3c(Br)cccc3NC12. The molecule has 4 heteroatoms. The van der Waals surface area contributed by atoms with Crippen LogP contribution in [0.4, 0.5) is 5.69 Å². The molecule has 0 saturated carbocycles. The maximum absolute atomic E-state index is 11.7. The van der Waals surface area contributed by atoms with Gasteiger partial charge in [-0.05, 0) is 24.1 Å². The second-order valence-corrected chi connectivity index (χ2v) is 4.86. The quantitative estimate of drug-likeness (QED) is 0.753. The second kappa shape index (κ2) is 3.23. The van der Waals surface area contributed by atoms with E-state index in [1.54, 1.807) is 0 Å². The van der Waals surface area contributed by atoms with Crippen molar-refractivity contribution in [2.45, 2.75) is 18.4 Å². The normalized spacial score (nSPS) is 27.7. The van der Waals surface area contributed by atoms with Crippen molar-refractivity contribution in [1.82, 2.24) is 5.32 Å². The number of carbonyl (C=O) groups excluding carboxylic acids is 1. The van der Waals surface area contributed by atoms with Crippen molar-refractivity contribution in [2.75, 3.05) is 11.9 Å². The number of nitrogens with one attached hydrogen (secondary N) is 2. The molecule has 78 valence electrons. The van der Waals surface area contributed by atoms with E-state index in [9.17, 15) is 4.79 Å². The van der Waals surface area contributed by atoms with Gasteiger partial charge in [-0.25, -0.2) is 0 Å². The fourth-order valence-electron chi connectivity index (χ4n) is 2.49. The molecule has 15 heavy (non-hydrogen) atoms. The highest BCUT2D eigenvalue weighted by Crippen LogP contribution is 2.43. The van der Waals surface area contributed by atoms with Crippen LogP contribution in [0.15, 0.2) is 22.7 Å². The van der Waals surface area contributed by atoms with E-state index in [4.69, 9.17) is 0 Å². The van der Waals surface area contributed by atoms with Crippen LogP contribution in [0, 0.1) is 0 Å². The van der Waals surface area contributed by atoms with Gasteiger partial charge in [0.05, 0.1) is 0 Å². The first-order chi connectivity index (χ1) is 7.27. The van der Waals surface area contributed by atoms with Crippen LogP contribution in [-0.2, 0) is 4.79 Å². The molecule has 1 amide bonds. The highest BCUT2D eigenvalue weighted by molar-refractivity contribution is 9.10. The molecule has 2 N–H and O–H groups in total. The minimum atomic E-state index is -0.0764. The number of hydrogen-bond acceptors (Lipinski definition) is 2. The molecule has 2 aliphatic rings. The number of anilines is 1. The van der Waals surface area contributed by atoms with Gasteiger partial charge < -0.3 is 10.6 Å². The first-order valence-electron chi connectivity index (χ1n) is 5.10. The molecule has 0 aliphatic carbocycles. The van der Waals surface area contributed by atoms with Crippen molar-refractivity contribution < 1.29 is 4.79 Å². The van der Waals surface area contributed by atoms with Crippen molar-refractivity contribution in [3.63, 3.8) is 0 Å². The summed E-state index contributed by atoms with van der Waals surface area (Å²) in [5.41, 5.74) is 2.36. The number of benzene rings is 1. The molecular weight excluding hydrogens is 256 g/mol. The lowest BCUT2D eigenvalue weighted by Gasteiger charge is -2.25. The number of fused-ring (bicyclic) bond motifs is 3. The molecule has 2 unspecified atom stereocenters. The Morgan fingerprint density at radius 1 is 1.40 bits per heavy atom. The van der Waals surface area contributed by atoms with Gasteiger partial charge in [-0.1, -0.05) is 22.0 Å². The van der Waals surface area contributed by atoms with Crippen LogP contribution < -0.4 is 10.6 Å². The molecule has 0 aromatic heterocycles. The summed E-state index contributed by atoms with van der Waals surface area (Å²) in [5.74, 6) is 0.443. The predicted octanol–water partition coefficient (Wildman–Crippen LogP) is 1.85. The van der Waals surface area contributed by atoms with E-state index in [0.29, 0.717) is 5.92 Å². The highest BCUT2D eigenvalue weighted by Gasteiger charge is 2.40. The lowest BCUT2D eigenvalue weighted by molar-refractivity contribution is -0.123. The van der Waals surface area contributed by atoms with E-state index in [1.807, 2.05) is 18.2 Å². The summed E-state index contributed by atoms with van der Waals surface area (Å²) < 4.78 is 1.11. The Labute approximate surface area is 96.4 Å². The van der Waals surface area contributed by atoms with Gasteiger partial charge in [0.15, 0.2) is 0 Å². The summed E-state index contributed by atoms with van der Waals surface area (Å²) in [4.78, 5) is 11.7. The molecule has 0 bridgehead atoms. The zero-order valence-corrected chi connectivity index (χ0v) is 9.67. The van der Waals surface area contributed by atoms with Crippen LogP contribution in [0.3, 0.4) is 0 Å². The number of hydrogen-bond donors (Lipinski definition) is 2. The minimum absolute atomic E-state index is 0.0764. The predicted molar refractivity (Wildman–Crippen MR) is 61.9 cm³/mol. The van der Waals surface area contributed by atoms with Crippen molar-refractivity contribution >= 4 is 27.5 Å². The Balaban J connectivity index is 2.09. The molecule has 1 aromatic carbocycles. The topological polar surface area (TPSA) is 41.1 Å². The smallest absolute Gasteiger partial charge is 0.243 e. The first-order valence-corrected chi connectivity index (χ1v) is 5.89. The third-order valence-corrected chi connectivity index (χ3v) is 3.87. The summed E-state index contributed by atoms with van der Waals surface area (Å²) in [5, 5.41) is 6.18. The fourth-order valence-corrected chi connectivity index (χ4v) is 3.15. The summed E-state index contributed by atoms with van der Waals surface area (Å²) in [7, 11) is 0. The molecule has 1 saturated heterocycles. The minimum Gasteiger partial charge on any atom is -0.373 e. The molecule has 3 nitrogen and oxygen atoms in total. The Kier molecular flexibility index (Phi) is 1.99. The number of amides is 1. The Bertz CT molecular complexity index is 433. The first kappa shape index (κ1) is 9.21. The van der Waals surface area contributed by atoms with Crippen LogP contribution >= 0.6 is 15.9 Å². The van der Waals surface area contributed by atoms with Crippen LogP contribution in [0.2, 0.25) is 0 Å². The van der Waals surface area contributed by atoms with Gasteiger partial charge in [0.2, 0.25) is 5.91 Å². The average molecular weight is 267 g/mol. The van der Waals surface area contributed by atoms with E-state index in [2.05, 4.69) is 26.6 Å². The highest BCUT2D eigenvalue weighted by atomic mass is 79.9. The van der Waals surface area contributed by atoms with Crippen molar-refractivity contribution in [3.05, 3.63) is 28.2 Å². The fraction of sp³-hybridized carbons (Fsp3) is 0.364. The molecule has 1 aromatic rings. The van der Waals surface area contributed by atoms with Gasteiger partial charge in [-0.3, -0.25) is 4.79 Å². The number of piperidine rings is 1. The summed E-state index contributed by atoms with van der Waals surface area (Å²) >= 11 is 3.56. The van der Waals surface area contributed by atoms with Gasteiger partial charge >= 0.3 is 0 Å². The molecular formula is C11H11BrN2O. The molecule has 2 aliphatic heterocycles. The van der Waals surface area contributed by atoms with Crippen molar-refractivity contribution in [1.29, 1.82) is 0 Å². The summed E-state index contributed by atoms with van der Waals surface area (Å²) in [6, 6.07) is 5.99. The number of carbonyl (C=O) groups is 1. The van der Waals surface area contributed by atoms with Crippen LogP contribution in [0.25, 0.3) is 0 Å². The molecule has 0 radical (unpaired) electrons. The summed E-state index contributed by atoms with van der Waals surface area (Å²) in [6.07, 6.45) is 1.01. The lowest BCUT2D eigenvalue weighted by atomic mass is 9.89. The molecule has 1 fully saturated rings. The Morgan fingerprint density at radius 3 is 3.13 bits per heavy atom. The van der Waals surface area contributed by atoms with Gasteiger partial charge in [0, 0.05) is 22.6 Å². The van der Waals surface area contributed by atoms with Gasteiger partial charge in [0.25, 0.3) is 0 Å². The molecule has 0 spiro atoms. The maximum atomic E-state index is 11.7. The zero-order valence-electron chi connectivity index (χ0n) is 8.09. The Morgan fingerprint density at radius 2 is 2.27 bits per heavy atom. The maximum Gasteiger partial charge on any atom is 0.243 e.